The summed E-state index contributed by atoms with van der Waals surface area (Å²) in [6, 6.07) is 9.61. The van der Waals surface area contributed by atoms with Gasteiger partial charge >= 0.3 is 0 Å². The minimum absolute atomic E-state index is 0.0878. The molecule has 0 bridgehead atoms. The van der Waals surface area contributed by atoms with Crippen LogP contribution >= 0.6 is 11.6 Å². The van der Waals surface area contributed by atoms with Gasteiger partial charge in [-0.25, -0.2) is 0 Å². The van der Waals surface area contributed by atoms with Gasteiger partial charge in [-0.15, -0.1) is 0 Å². The van der Waals surface area contributed by atoms with Gasteiger partial charge in [0.1, 0.15) is 0 Å². The zero-order valence-corrected chi connectivity index (χ0v) is 12.9. The van der Waals surface area contributed by atoms with Crippen LogP contribution in [-0.4, -0.2) is 9.88 Å². The van der Waals surface area contributed by atoms with Gasteiger partial charge in [-0.1, -0.05) is 42.4 Å². The van der Waals surface area contributed by atoms with Gasteiger partial charge in [0.05, 0.1) is 5.56 Å². The van der Waals surface area contributed by atoms with Crippen molar-refractivity contribution in [3.63, 3.8) is 0 Å². The van der Waals surface area contributed by atoms with E-state index in [0.29, 0.717) is 10.6 Å². The summed E-state index contributed by atoms with van der Waals surface area (Å²) in [6.45, 7) is 5.87. The van der Waals surface area contributed by atoms with Crippen molar-refractivity contribution in [2.24, 2.45) is 0 Å². The first kappa shape index (κ1) is 14.4. The summed E-state index contributed by atoms with van der Waals surface area (Å²) in [7, 11) is 0. The van der Waals surface area contributed by atoms with Crippen molar-refractivity contribution in [2.75, 3.05) is 0 Å². The number of nitrogens with zero attached hydrogens (tertiary/aromatic N) is 1. The number of fused-ring (bicyclic) bond motifs is 1. The maximum absolute atomic E-state index is 12.3. The lowest BCUT2D eigenvalue weighted by Crippen LogP contribution is -2.11. The molecule has 0 fully saturated rings. The van der Waals surface area contributed by atoms with Gasteiger partial charge in [0.25, 0.3) is 5.56 Å². The van der Waals surface area contributed by atoms with E-state index in [9.17, 15) is 4.79 Å². The number of allylic oxidation sites excluding steroid dienone is 4. The lowest BCUT2D eigenvalue weighted by atomic mass is 10.0. The minimum atomic E-state index is -0.0878. The van der Waals surface area contributed by atoms with Crippen LogP contribution in [0, 0.1) is 0 Å². The SMILES string of the molecule is C=C1C=C(Cl)C=CN1/C=C(\C)c1c2cccccc-2[nH]c1=O. The molecule has 2 heterocycles. The van der Waals surface area contributed by atoms with Gasteiger partial charge in [-0.2, -0.15) is 0 Å². The summed E-state index contributed by atoms with van der Waals surface area (Å²) in [6.07, 6.45) is 7.27. The van der Waals surface area contributed by atoms with E-state index in [-0.39, 0.29) is 5.56 Å². The van der Waals surface area contributed by atoms with E-state index >= 15 is 0 Å². The van der Waals surface area contributed by atoms with Gasteiger partial charge in [0, 0.05) is 34.4 Å². The summed E-state index contributed by atoms with van der Waals surface area (Å²) < 4.78 is 0. The van der Waals surface area contributed by atoms with E-state index in [2.05, 4.69) is 11.6 Å². The lowest BCUT2D eigenvalue weighted by molar-refractivity contribution is 0.649. The predicted octanol–water partition coefficient (Wildman–Crippen LogP) is 4.31. The molecule has 0 saturated heterocycles. The maximum atomic E-state index is 12.3. The Hall–Kier alpha value is -2.52. The largest absolute Gasteiger partial charge is 0.324 e. The third-order valence-corrected chi connectivity index (χ3v) is 3.78. The molecule has 0 saturated carbocycles. The van der Waals surface area contributed by atoms with Crippen LogP contribution in [-0.2, 0) is 0 Å². The number of rotatable bonds is 2. The summed E-state index contributed by atoms with van der Waals surface area (Å²) in [5.41, 5.74) is 3.94. The monoisotopic (exact) mass is 310 g/mol. The highest BCUT2D eigenvalue weighted by molar-refractivity contribution is 6.31. The molecule has 1 N–H and O–H groups in total. The van der Waals surface area contributed by atoms with Gasteiger partial charge in [-0.3, -0.25) is 4.79 Å². The number of aromatic nitrogens is 1. The molecular formula is C18H15ClN2O. The second kappa shape index (κ2) is 5.70. The van der Waals surface area contributed by atoms with E-state index in [0.717, 1.165) is 22.5 Å². The summed E-state index contributed by atoms with van der Waals surface area (Å²) >= 11 is 5.94. The molecule has 22 heavy (non-hydrogen) atoms. The van der Waals surface area contributed by atoms with Crippen LogP contribution in [0.1, 0.15) is 12.5 Å². The smallest absolute Gasteiger partial charge is 0.256 e. The molecule has 3 aliphatic rings. The zero-order chi connectivity index (χ0) is 15.7. The molecule has 0 amide bonds. The Morgan fingerprint density at radius 1 is 1.32 bits per heavy atom. The topological polar surface area (TPSA) is 36.1 Å². The number of aromatic amines is 1. The zero-order valence-electron chi connectivity index (χ0n) is 12.1. The standard InChI is InChI=1S/C18H15ClN2O/c1-12(11-21-9-8-14(19)10-13(21)2)17-15-6-4-3-5-7-16(15)20-18(17)22/h3-11H,2H2,1H3,(H,20,22)/b12-11+. The second-order valence-corrected chi connectivity index (χ2v) is 5.56. The molecule has 0 atom stereocenters. The average molecular weight is 311 g/mol. The third-order valence-electron chi connectivity index (χ3n) is 3.54. The van der Waals surface area contributed by atoms with Crippen molar-refractivity contribution in [3.8, 4) is 11.3 Å². The minimum Gasteiger partial charge on any atom is -0.324 e. The van der Waals surface area contributed by atoms with E-state index < -0.39 is 0 Å². The first-order valence-corrected chi connectivity index (χ1v) is 7.26. The molecule has 4 heteroatoms. The fourth-order valence-electron chi connectivity index (χ4n) is 2.50. The molecular weight excluding hydrogens is 296 g/mol. The molecule has 0 aromatic rings. The third kappa shape index (κ3) is 2.63. The highest BCUT2D eigenvalue weighted by atomic mass is 35.5. The first-order chi connectivity index (χ1) is 10.6. The Kier molecular flexibility index (Phi) is 3.73. The normalized spacial score (nSPS) is 15.4. The van der Waals surface area contributed by atoms with E-state index in [1.807, 2.05) is 54.6 Å². The van der Waals surface area contributed by atoms with Crippen molar-refractivity contribution in [3.05, 3.63) is 88.1 Å². The molecule has 1 aliphatic carbocycles. The van der Waals surface area contributed by atoms with Gasteiger partial charge in [-0.05, 0) is 30.7 Å². The van der Waals surface area contributed by atoms with Crippen LogP contribution in [0.3, 0.4) is 0 Å². The Labute approximate surface area is 133 Å². The van der Waals surface area contributed by atoms with E-state index in [1.165, 1.54) is 0 Å². The van der Waals surface area contributed by atoms with Gasteiger partial charge < -0.3 is 9.88 Å². The molecule has 0 unspecified atom stereocenters. The Morgan fingerprint density at radius 3 is 2.86 bits per heavy atom. The summed E-state index contributed by atoms with van der Waals surface area (Å²) in [4.78, 5) is 17.0. The van der Waals surface area contributed by atoms with E-state index in [1.54, 1.807) is 12.2 Å². The summed E-state index contributed by atoms with van der Waals surface area (Å²) in [5, 5.41) is 0.635. The number of halogens is 1. The molecule has 0 aromatic heterocycles. The number of H-pyrrole nitrogens is 1. The average Bonchev–Trinajstić information content (AvgIpc) is 2.63. The predicted molar refractivity (Wildman–Crippen MR) is 91.4 cm³/mol. The number of hydrogen-bond donors (Lipinski definition) is 1. The lowest BCUT2D eigenvalue weighted by Gasteiger charge is -2.20. The molecule has 3 nitrogen and oxygen atoms in total. The fourth-order valence-corrected chi connectivity index (χ4v) is 2.68. The Morgan fingerprint density at radius 2 is 2.09 bits per heavy atom. The van der Waals surface area contributed by atoms with Crippen LogP contribution in [0.25, 0.3) is 16.8 Å². The highest BCUT2D eigenvalue weighted by Gasteiger charge is 2.16. The second-order valence-electron chi connectivity index (χ2n) is 5.12. The van der Waals surface area contributed by atoms with Crippen LogP contribution in [0.2, 0.25) is 0 Å². The molecule has 2 aliphatic heterocycles. The van der Waals surface area contributed by atoms with Gasteiger partial charge in [0.2, 0.25) is 0 Å². The Bertz CT molecular complexity index is 858. The van der Waals surface area contributed by atoms with Crippen molar-refractivity contribution < 1.29 is 0 Å². The van der Waals surface area contributed by atoms with Crippen molar-refractivity contribution in [1.82, 2.24) is 9.88 Å². The van der Waals surface area contributed by atoms with Crippen LogP contribution in [0.5, 0.6) is 0 Å². The highest BCUT2D eigenvalue weighted by Crippen LogP contribution is 2.28. The number of nitrogens with one attached hydrogen (secondary N) is 1. The quantitative estimate of drug-likeness (QED) is 0.897. The van der Waals surface area contributed by atoms with Crippen LogP contribution in [0.15, 0.2) is 77.0 Å². The van der Waals surface area contributed by atoms with Crippen molar-refractivity contribution in [1.29, 1.82) is 0 Å². The number of hydrogen-bond acceptors (Lipinski definition) is 2. The van der Waals surface area contributed by atoms with Crippen LogP contribution in [0.4, 0.5) is 0 Å². The summed E-state index contributed by atoms with van der Waals surface area (Å²) in [5.74, 6) is 0. The first-order valence-electron chi connectivity index (χ1n) is 6.89. The van der Waals surface area contributed by atoms with Crippen molar-refractivity contribution in [2.45, 2.75) is 6.92 Å². The molecule has 0 radical (unpaired) electrons. The molecule has 110 valence electrons. The van der Waals surface area contributed by atoms with E-state index in [4.69, 9.17) is 11.6 Å². The van der Waals surface area contributed by atoms with Crippen LogP contribution < -0.4 is 5.56 Å². The molecule has 3 rings (SSSR count). The maximum Gasteiger partial charge on any atom is 0.256 e. The Balaban J connectivity index is 2.04. The van der Waals surface area contributed by atoms with Crippen molar-refractivity contribution >= 4 is 17.2 Å². The molecule has 0 spiro atoms. The molecule has 0 aromatic carbocycles. The van der Waals surface area contributed by atoms with Gasteiger partial charge in [0.15, 0.2) is 0 Å². The fraction of sp³-hybridized carbons (Fsp3) is 0.0556.